The molecule has 1 fully saturated rings. The molecule has 35 heavy (non-hydrogen) atoms. The lowest BCUT2D eigenvalue weighted by Crippen LogP contribution is -2.47. The molecule has 0 radical (unpaired) electrons. The predicted octanol–water partition coefficient (Wildman–Crippen LogP) is 5.47. The lowest BCUT2D eigenvalue weighted by molar-refractivity contribution is -0.162. The van der Waals surface area contributed by atoms with E-state index in [0.717, 1.165) is 10.3 Å². The summed E-state index contributed by atoms with van der Waals surface area (Å²) in [5, 5.41) is 2.35. The number of likely N-dealkylation sites (tertiary alicyclic amines) is 1. The van der Waals surface area contributed by atoms with Crippen LogP contribution in [0.5, 0.6) is 0 Å². The van der Waals surface area contributed by atoms with Crippen molar-refractivity contribution < 1.29 is 23.9 Å². The van der Waals surface area contributed by atoms with E-state index in [2.05, 4.69) is 30.3 Å². The second kappa shape index (κ2) is 10.6. The molecule has 7 heteroatoms. The fraction of sp³-hybridized carbons (Fsp3) is 0.536. The van der Waals surface area contributed by atoms with Gasteiger partial charge in [-0.05, 0) is 55.5 Å². The zero-order valence-electron chi connectivity index (χ0n) is 21.8. The summed E-state index contributed by atoms with van der Waals surface area (Å²) >= 11 is 1.67. The van der Waals surface area contributed by atoms with Gasteiger partial charge in [0.05, 0.1) is 19.4 Å². The van der Waals surface area contributed by atoms with Gasteiger partial charge >= 0.3 is 11.9 Å². The van der Waals surface area contributed by atoms with Crippen molar-refractivity contribution in [2.24, 2.45) is 11.3 Å². The highest BCUT2D eigenvalue weighted by molar-refractivity contribution is 8.00. The van der Waals surface area contributed by atoms with Crippen LogP contribution < -0.4 is 0 Å². The van der Waals surface area contributed by atoms with Gasteiger partial charge in [-0.3, -0.25) is 9.59 Å². The third-order valence-electron chi connectivity index (χ3n) is 6.18. The number of benzene rings is 2. The molecule has 2 aromatic rings. The topological polar surface area (TPSA) is 72.9 Å². The second-order valence-corrected chi connectivity index (χ2v) is 12.6. The third kappa shape index (κ3) is 7.00. The molecule has 1 amide bonds. The molecule has 0 aliphatic carbocycles. The van der Waals surface area contributed by atoms with Crippen LogP contribution in [0.2, 0.25) is 0 Å². The van der Waals surface area contributed by atoms with Crippen LogP contribution in [0.25, 0.3) is 10.8 Å². The Kier molecular flexibility index (Phi) is 8.20. The predicted molar refractivity (Wildman–Crippen MR) is 139 cm³/mol. The molecule has 0 saturated carbocycles. The Bertz CT molecular complexity index is 1080. The highest BCUT2D eigenvalue weighted by Gasteiger charge is 2.46. The van der Waals surface area contributed by atoms with Crippen LogP contribution >= 0.6 is 11.8 Å². The molecule has 2 aromatic carbocycles. The number of esters is 2. The molecule has 3 rings (SSSR count). The molecule has 1 unspecified atom stereocenters. The number of methoxy groups -OCH3 is 1. The smallest absolute Gasteiger partial charge is 0.328 e. The van der Waals surface area contributed by atoms with Gasteiger partial charge in [0.2, 0.25) is 5.91 Å². The third-order valence-corrected chi connectivity index (χ3v) is 7.38. The van der Waals surface area contributed by atoms with Gasteiger partial charge in [-0.1, -0.05) is 51.1 Å². The highest BCUT2D eigenvalue weighted by Crippen LogP contribution is 2.38. The van der Waals surface area contributed by atoms with E-state index in [4.69, 9.17) is 9.47 Å². The number of thioether (sulfide) groups is 1. The van der Waals surface area contributed by atoms with E-state index in [1.54, 1.807) is 37.4 Å². The number of carbonyl (C=O) groups is 3. The van der Waals surface area contributed by atoms with Gasteiger partial charge in [0.1, 0.15) is 11.6 Å². The summed E-state index contributed by atoms with van der Waals surface area (Å²) in [7, 11) is 1.34. The van der Waals surface area contributed by atoms with E-state index >= 15 is 0 Å². The fourth-order valence-corrected chi connectivity index (χ4v) is 5.67. The zero-order chi connectivity index (χ0) is 26.0. The second-order valence-electron chi connectivity index (χ2n) is 11.2. The van der Waals surface area contributed by atoms with E-state index < -0.39 is 34.9 Å². The van der Waals surface area contributed by atoms with E-state index in [-0.39, 0.29) is 17.6 Å². The molecule has 1 aliphatic heterocycles. The van der Waals surface area contributed by atoms with Gasteiger partial charge in [0, 0.05) is 16.7 Å². The van der Waals surface area contributed by atoms with Crippen LogP contribution in [0.15, 0.2) is 47.4 Å². The van der Waals surface area contributed by atoms with Gasteiger partial charge in [-0.15, -0.1) is 11.8 Å². The average molecular weight is 500 g/mol. The maximum Gasteiger partial charge on any atom is 0.328 e. The summed E-state index contributed by atoms with van der Waals surface area (Å²) in [5.41, 5.74) is -1.12. The summed E-state index contributed by atoms with van der Waals surface area (Å²) in [5.74, 6) is -1.67. The van der Waals surface area contributed by atoms with Crippen molar-refractivity contribution in [2.75, 3.05) is 13.7 Å². The summed E-state index contributed by atoms with van der Waals surface area (Å²) < 4.78 is 10.6. The minimum atomic E-state index is -0.672. The maximum atomic E-state index is 13.8. The minimum absolute atomic E-state index is 0.0337. The molecule has 3 atom stereocenters. The number of carbonyl (C=O) groups excluding carboxylic acids is 3. The van der Waals surface area contributed by atoms with Crippen molar-refractivity contribution in [3.63, 3.8) is 0 Å². The Morgan fingerprint density at radius 1 is 1.03 bits per heavy atom. The molecule has 0 bridgehead atoms. The Morgan fingerprint density at radius 3 is 2.29 bits per heavy atom. The molecule has 6 nitrogen and oxygen atoms in total. The SMILES string of the molecule is COC(=O)[C@@H]1C[C@@H](Sc2ccc3ccccc3c2)CN1C(=O)C(CC(=O)OC(C)(C)C)C(C)(C)C. The molecule has 0 aromatic heterocycles. The van der Waals surface area contributed by atoms with Crippen molar-refractivity contribution in [3.8, 4) is 0 Å². The van der Waals surface area contributed by atoms with Crippen LogP contribution in [0.4, 0.5) is 0 Å². The molecule has 1 aliphatic rings. The van der Waals surface area contributed by atoms with E-state index in [1.807, 2.05) is 32.9 Å². The van der Waals surface area contributed by atoms with E-state index in [0.29, 0.717) is 13.0 Å². The quantitative estimate of drug-likeness (QED) is 0.491. The molecular formula is C28H37NO5S. The molecule has 1 heterocycles. The number of nitrogens with zero attached hydrogens (tertiary/aromatic N) is 1. The van der Waals surface area contributed by atoms with Crippen molar-refractivity contribution in [1.29, 1.82) is 0 Å². The molecule has 0 N–H and O–H groups in total. The number of fused-ring (bicyclic) bond motifs is 1. The highest BCUT2D eigenvalue weighted by atomic mass is 32.2. The lowest BCUT2D eigenvalue weighted by Gasteiger charge is -2.34. The number of rotatable bonds is 6. The van der Waals surface area contributed by atoms with E-state index in [9.17, 15) is 14.4 Å². The largest absolute Gasteiger partial charge is 0.467 e. The van der Waals surface area contributed by atoms with Crippen LogP contribution in [-0.4, -0.2) is 53.3 Å². The lowest BCUT2D eigenvalue weighted by atomic mass is 9.77. The Hall–Kier alpha value is -2.54. The van der Waals surface area contributed by atoms with Gasteiger partial charge in [-0.25, -0.2) is 4.79 Å². The number of ether oxygens (including phenoxy) is 2. The van der Waals surface area contributed by atoms with Crippen LogP contribution in [-0.2, 0) is 23.9 Å². The molecule has 190 valence electrons. The van der Waals surface area contributed by atoms with Crippen LogP contribution in [0, 0.1) is 11.3 Å². The molecule has 1 saturated heterocycles. The number of amides is 1. The zero-order valence-corrected chi connectivity index (χ0v) is 22.6. The van der Waals surface area contributed by atoms with Gasteiger partial charge in [-0.2, -0.15) is 0 Å². The van der Waals surface area contributed by atoms with Crippen molar-refractivity contribution in [2.45, 2.75) is 76.2 Å². The average Bonchev–Trinajstić information content (AvgIpc) is 3.18. The van der Waals surface area contributed by atoms with E-state index in [1.165, 1.54) is 12.5 Å². The number of hydrogen-bond acceptors (Lipinski definition) is 6. The molecule has 0 spiro atoms. The van der Waals surface area contributed by atoms with Crippen LogP contribution in [0.3, 0.4) is 0 Å². The summed E-state index contributed by atoms with van der Waals surface area (Å²) in [6.07, 6.45) is 0.464. The number of hydrogen-bond donors (Lipinski definition) is 0. The first-order valence-corrected chi connectivity index (χ1v) is 12.9. The Morgan fingerprint density at radius 2 is 1.69 bits per heavy atom. The standard InChI is InChI=1S/C28H37NO5S/c1-27(2,3)22(16-24(30)34-28(4,5)6)25(31)29-17-21(15-23(29)26(32)33-7)35-20-13-12-18-10-8-9-11-19(18)14-20/h8-14,21-23H,15-17H2,1-7H3/t21-,22?,23+/m1/s1. The Balaban J connectivity index is 1.81. The maximum absolute atomic E-state index is 13.8. The first-order chi connectivity index (χ1) is 16.3. The van der Waals surface area contributed by atoms with Crippen molar-refractivity contribution >= 4 is 40.4 Å². The first-order valence-electron chi connectivity index (χ1n) is 12.0. The summed E-state index contributed by atoms with van der Waals surface area (Å²) in [4.78, 5) is 41.8. The Labute approximate surface area is 212 Å². The van der Waals surface area contributed by atoms with Crippen molar-refractivity contribution in [3.05, 3.63) is 42.5 Å². The fourth-order valence-electron chi connectivity index (χ4n) is 4.43. The monoisotopic (exact) mass is 499 g/mol. The van der Waals surface area contributed by atoms with Gasteiger partial charge < -0.3 is 14.4 Å². The van der Waals surface area contributed by atoms with Gasteiger partial charge in [0.25, 0.3) is 0 Å². The molecular weight excluding hydrogens is 462 g/mol. The normalized spacial score (nSPS) is 19.5. The minimum Gasteiger partial charge on any atom is -0.467 e. The van der Waals surface area contributed by atoms with Gasteiger partial charge in [0.15, 0.2) is 0 Å². The van der Waals surface area contributed by atoms with Crippen LogP contribution in [0.1, 0.15) is 54.4 Å². The van der Waals surface area contributed by atoms with Crippen molar-refractivity contribution in [1.82, 2.24) is 4.90 Å². The first kappa shape index (κ1) is 27.1. The summed E-state index contributed by atoms with van der Waals surface area (Å²) in [6, 6.07) is 13.8. The summed E-state index contributed by atoms with van der Waals surface area (Å²) in [6.45, 7) is 11.6.